The van der Waals surface area contributed by atoms with E-state index in [4.69, 9.17) is 16.3 Å². The number of non-ortho nitro benzene ring substituents is 1. The van der Waals surface area contributed by atoms with Crippen LogP contribution in [-0.4, -0.2) is 28.5 Å². The van der Waals surface area contributed by atoms with Gasteiger partial charge in [-0.1, -0.05) is 22.9 Å². The van der Waals surface area contributed by atoms with Gasteiger partial charge in [-0.25, -0.2) is 0 Å². The fourth-order valence-corrected chi connectivity index (χ4v) is 3.99. The molecule has 30 heavy (non-hydrogen) atoms. The van der Waals surface area contributed by atoms with Gasteiger partial charge in [0, 0.05) is 23.2 Å². The Morgan fingerprint density at radius 1 is 1.27 bits per heavy atom. The Labute approximate surface area is 179 Å². The number of carbonyl (C=O) groups is 2. The quantitative estimate of drug-likeness (QED) is 0.256. The Hall–Kier alpha value is -3.30. The van der Waals surface area contributed by atoms with Crippen molar-refractivity contribution in [2.75, 3.05) is 7.11 Å². The zero-order valence-corrected chi connectivity index (χ0v) is 17.6. The normalized spacial score (nSPS) is 11.9. The maximum absolute atomic E-state index is 12.4. The minimum atomic E-state index is -0.540. The standard InChI is InChI=1S/C20H16ClN3O5S/c1-12-15(21)8-9-16-19(12)23(11-18(26)29-2)20(30-16)22-17(25)10-5-13-3-6-14(7-4-13)24(27)28/h3-10H,11H2,1-2H3/b10-5-,22-20?. The van der Waals surface area contributed by atoms with E-state index in [9.17, 15) is 19.7 Å². The fourth-order valence-electron chi connectivity index (χ4n) is 2.75. The van der Waals surface area contributed by atoms with Crippen LogP contribution < -0.4 is 4.80 Å². The first-order chi connectivity index (χ1) is 14.3. The highest BCUT2D eigenvalue weighted by atomic mass is 35.5. The number of halogens is 1. The molecule has 0 atom stereocenters. The number of nitrogens with zero attached hydrogens (tertiary/aromatic N) is 3. The molecule has 0 aliphatic rings. The molecular weight excluding hydrogens is 430 g/mol. The van der Waals surface area contributed by atoms with Gasteiger partial charge < -0.3 is 9.30 Å². The smallest absolute Gasteiger partial charge is 0.325 e. The van der Waals surface area contributed by atoms with Crippen LogP contribution in [0.2, 0.25) is 5.02 Å². The van der Waals surface area contributed by atoms with Crippen LogP contribution in [0.15, 0.2) is 47.5 Å². The largest absolute Gasteiger partial charge is 0.468 e. The highest BCUT2D eigenvalue weighted by Crippen LogP contribution is 2.27. The van der Waals surface area contributed by atoms with Gasteiger partial charge in [-0.2, -0.15) is 4.99 Å². The van der Waals surface area contributed by atoms with Gasteiger partial charge in [0.25, 0.3) is 11.6 Å². The number of aryl methyl sites for hydroxylation is 1. The molecule has 0 saturated heterocycles. The second-order valence-electron chi connectivity index (χ2n) is 6.20. The third-order valence-corrected chi connectivity index (χ3v) is 5.73. The van der Waals surface area contributed by atoms with Crippen LogP contribution in [-0.2, 0) is 20.9 Å². The number of aromatic nitrogens is 1. The summed E-state index contributed by atoms with van der Waals surface area (Å²) in [6.07, 6.45) is 2.77. The summed E-state index contributed by atoms with van der Waals surface area (Å²) in [5.41, 5.74) is 2.06. The van der Waals surface area contributed by atoms with Crippen LogP contribution in [0.1, 0.15) is 11.1 Å². The Morgan fingerprint density at radius 2 is 1.97 bits per heavy atom. The number of hydrogen-bond donors (Lipinski definition) is 0. The zero-order valence-electron chi connectivity index (χ0n) is 16.0. The van der Waals surface area contributed by atoms with Gasteiger partial charge in [-0.05, 0) is 48.4 Å². The molecule has 1 amide bonds. The van der Waals surface area contributed by atoms with Crippen molar-refractivity contribution in [1.82, 2.24) is 4.57 Å². The molecule has 154 valence electrons. The van der Waals surface area contributed by atoms with Gasteiger partial charge in [0.05, 0.1) is 22.2 Å². The minimum Gasteiger partial charge on any atom is -0.468 e. The summed E-state index contributed by atoms with van der Waals surface area (Å²) in [6.45, 7) is 1.71. The first kappa shape index (κ1) is 21.4. The average Bonchev–Trinajstić information content (AvgIpc) is 3.06. The van der Waals surface area contributed by atoms with E-state index in [0.717, 1.165) is 10.3 Å². The topological polar surface area (TPSA) is 104 Å². The summed E-state index contributed by atoms with van der Waals surface area (Å²) in [5.74, 6) is -1.02. The van der Waals surface area contributed by atoms with E-state index in [1.54, 1.807) is 16.7 Å². The second kappa shape index (κ2) is 9.02. The van der Waals surface area contributed by atoms with Crippen molar-refractivity contribution >= 4 is 56.8 Å². The molecule has 0 radical (unpaired) electrons. The molecule has 10 heteroatoms. The lowest BCUT2D eigenvalue weighted by atomic mass is 10.2. The molecule has 0 saturated carbocycles. The van der Waals surface area contributed by atoms with Crippen molar-refractivity contribution in [2.24, 2.45) is 4.99 Å². The summed E-state index contributed by atoms with van der Waals surface area (Å²) >= 11 is 7.47. The molecule has 0 aliphatic heterocycles. The molecule has 0 fully saturated rings. The highest BCUT2D eigenvalue weighted by molar-refractivity contribution is 7.16. The van der Waals surface area contributed by atoms with Crippen molar-refractivity contribution in [3.8, 4) is 0 Å². The van der Waals surface area contributed by atoms with E-state index in [1.165, 1.54) is 54.9 Å². The van der Waals surface area contributed by atoms with Crippen LogP contribution >= 0.6 is 22.9 Å². The van der Waals surface area contributed by atoms with E-state index in [0.29, 0.717) is 20.9 Å². The number of methoxy groups -OCH3 is 1. The molecule has 0 unspecified atom stereocenters. The lowest BCUT2D eigenvalue weighted by Crippen LogP contribution is -2.22. The molecular formula is C20H16ClN3O5S. The van der Waals surface area contributed by atoms with Crippen molar-refractivity contribution in [1.29, 1.82) is 0 Å². The summed E-state index contributed by atoms with van der Waals surface area (Å²) < 4.78 is 7.19. The number of thiazole rings is 1. The van der Waals surface area contributed by atoms with Gasteiger partial charge >= 0.3 is 5.97 Å². The maximum Gasteiger partial charge on any atom is 0.325 e. The van der Waals surface area contributed by atoms with Crippen LogP contribution in [0.4, 0.5) is 5.69 Å². The molecule has 3 rings (SSSR count). The van der Waals surface area contributed by atoms with E-state index >= 15 is 0 Å². The lowest BCUT2D eigenvalue weighted by Gasteiger charge is -2.06. The van der Waals surface area contributed by atoms with E-state index in [2.05, 4.69) is 4.99 Å². The number of esters is 1. The molecule has 1 heterocycles. The summed E-state index contributed by atoms with van der Waals surface area (Å²) in [7, 11) is 1.28. The second-order valence-corrected chi connectivity index (χ2v) is 7.61. The first-order valence-electron chi connectivity index (χ1n) is 8.66. The number of benzene rings is 2. The number of fused-ring (bicyclic) bond motifs is 1. The van der Waals surface area contributed by atoms with Crippen LogP contribution in [0.5, 0.6) is 0 Å². The first-order valence-corrected chi connectivity index (χ1v) is 9.86. The monoisotopic (exact) mass is 445 g/mol. The van der Waals surface area contributed by atoms with E-state index < -0.39 is 16.8 Å². The summed E-state index contributed by atoms with van der Waals surface area (Å²) in [5, 5.41) is 11.2. The molecule has 3 aromatic rings. The third kappa shape index (κ3) is 4.64. The number of hydrogen-bond acceptors (Lipinski definition) is 6. The van der Waals surface area contributed by atoms with Crippen LogP contribution in [0, 0.1) is 17.0 Å². The van der Waals surface area contributed by atoms with E-state index in [-0.39, 0.29) is 12.2 Å². The highest BCUT2D eigenvalue weighted by Gasteiger charge is 2.14. The summed E-state index contributed by atoms with van der Waals surface area (Å²) in [4.78, 5) is 38.9. The van der Waals surface area contributed by atoms with Gasteiger partial charge in [-0.3, -0.25) is 19.7 Å². The van der Waals surface area contributed by atoms with Gasteiger partial charge in [0.2, 0.25) is 0 Å². The molecule has 8 nitrogen and oxygen atoms in total. The third-order valence-electron chi connectivity index (χ3n) is 4.27. The zero-order chi connectivity index (χ0) is 21.8. The Bertz CT molecular complexity index is 1240. The Morgan fingerprint density at radius 3 is 2.60 bits per heavy atom. The number of amides is 1. The predicted octanol–water partition coefficient (Wildman–Crippen LogP) is 3.89. The number of nitro benzene ring substituents is 1. The minimum absolute atomic E-state index is 0.0358. The van der Waals surface area contributed by atoms with Crippen LogP contribution in [0.3, 0.4) is 0 Å². The van der Waals surface area contributed by atoms with Gasteiger partial charge in [0.15, 0.2) is 4.80 Å². The van der Waals surface area contributed by atoms with Gasteiger partial charge in [0.1, 0.15) is 6.54 Å². The van der Waals surface area contributed by atoms with Crippen molar-refractivity contribution in [2.45, 2.75) is 13.5 Å². The van der Waals surface area contributed by atoms with Crippen molar-refractivity contribution < 1.29 is 19.2 Å². The Kier molecular flexibility index (Phi) is 6.43. The predicted molar refractivity (Wildman–Crippen MR) is 114 cm³/mol. The maximum atomic E-state index is 12.4. The number of ether oxygens (including phenoxy) is 1. The fraction of sp³-hybridized carbons (Fsp3) is 0.150. The summed E-state index contributed by atoms with van der Waals surface area (Å²) in [6, 6.07) is 9.32. The lowest BCUT2D eigenvalue weighted by molar-refractivity contribution is -0.384. The number of nitro groups is 1. The van der Waals surface area contributed by atoms with Crippen molar-refractivity contribution in [3.05, 3.63) is 73.5 Å². The molecule has 1 aromatic heterocycles. The number of carbonyl (C=O) groups excluding carboxylic acids is 2. The number of rotatable bonds is 5. The Balaban J connectivity index is 1.98. The molecule has 0 spiro atoms. The van der Waals surface area contributed by atoms with Crippen LogP contribution in [0.25, 0.3) is 16.3 Å². The SMILES string of the molecule is COC(=O)Cn1c(=NC(=O)/C=C\c2ccc([N+](=O)[O-])cc2)sc2ccc(Cl)c(C)c21. The molecule has 0 aliphatic carbocycles. The van der Waals surface area contributed by atoms with Gasteiger partial charge in [-0.15, -0.1) is 0 Å². The molecule has 2 aromatic carbocycles. The van der Waals surface area contributed by atoms with E-state index in [1.807, 2.05) is 6.92 Å². The molecule has 0 bridgehead atoms. The average molecular weight is 446 g/mol. The van der Waals surface area contributed by atoms with Crippen molar-refractivity contribution in [3.63, 3.8) is 0 Å². The molecule has 0 N–H and O–H groups in total.